The van der Waals surface area contributed by atoms with Gasteiger partial charge in [0.2, 0.25) is 5.95 Å². The molecule has 8 nitrogen and oxygen atoms in total. The van der Waals surface area contributed by atoms with Crippen LogP contribution >= 0.6 is 11.3 Å². The number of carbonyl (C=O) groups excluding carboxylic acids is 2. The number of fused-ring (bicyclic) bond motifs is 1. The minimum Gasteiger partial charge on any atom is -0.507 e. The average Bonchev–Trinajstić information content (AvgIpc) is 3.56. The largest absolute Gasteiger partial charge is 0.507 e. The number of aryl methyl sites for hydroxylation is 1. The van der Waals surface area contributed by atoms with Crippen molar-refractivity contribution in [1.82, 2.24) is 9.97 Å². The molecule has 2 aromatic carbocycles. The van der Waals surface area contributed by atoms with Gasteiger partial charge in [-0.1, -0.05) is 35.9 Å². The molecule has 4 aromatic rings. The Morgan fingerprint density at radius 1 is 1.09 bits per heavy atom. The number of anilines is 1. The lowest BCUT2D eigenvalue weighted by atomic mass is 9.99. The first kappa shape index (κ1) is 21.7. The number of rotatable bonds is 5. The lowest BCUT2D eigenvalue weighted by Crippen LogP contribution is -2.30. The first-order valence-corrected chi connectivity index (χ1v) is 11.3. The number of H-pyrrole nitrogens is 1. The zero-order chi connectivity index (χ0) is 24.0. The smallest absolute Gasteiger partial charge is 0.302 e. The molecule has 1 fully saturated rings. The van der Waals surface area contributed by atoms with E-state index in [-0.39, 0.29) is 17.3 Å². The number of nitrogens with one attached hydrogen (secondary N) is 1. The summed E-state index contributed by atoms with van der Waals surface area (Å²) in [5, 5.41) is 13.0. The van der Waals surface area contributed by atoms with E-state index in [9.17, 15) is 14.7 Å². The van der Waals surface area contributed by atoms with Gasteiger partial charge in [0.25, 0.3) is 5.78 Å². The van der Waals surface area contributed by atoms with Crippen molar-refractivity contribution in [2.24, 2.45) is 0 Å². The number of aliphatic hydroxyl groups is 1. The number of nitrogens with zero attached hydrogens (tertiary/aromatic N) is 2. The van der Waals surface area contributed by atoms with Crippen LogP contribution in [0.3, 0.4) is 0 Å². The minimum absolute atomic E-state index is 0.0203. The van der Waals surface area contributed by atoms with E-state index in [1.54, 1.807) is 24.3 Å². The van der Waals surface area contributed by atoms with Crippen molar-refractivity contribution in [2.45, 2.75) is 13.0 Å². The number of methoxy groups -OCH3 is 2. The molecule has 9 heteroatoms. The highest BCUT2D eigenvalue weighted by Crippen LogP contribution is 2.43. The van der Waals surface area contributed by atoms with Crippen molar-refractivity contribution >= 4 is 45.8 Å². The Morgan fingerprint density at radius 2 is 1.79 bits per heavy atom. The summed E-state index contributed by atoms with van der Waals surface area (Å²) in [6.07, 6.45) is 0. The van der Waals surface area contributed by atoms with Crippen LogP contribution in [0.4, 0.5) is 5.95 Å². The molecule has 0 spiro atoms. The molecule has 0 saturated carbocycles. The zero-order valence-corrected chi connectivity index (χ0v) is 19.5. The van der Waals surface area contributed by atoms with Crippen LogP contribution in [-0.4, -0.2) is 41.0 Å². The molecule has 0 radical (unpaired) electrons. The van der Waals surface area contributed by atoms with Crippen molar-refractivity contribution in [3.05, 3.63) is 75.5 Å². The second-order valence-electron chi connectivity index (χ2n) is 7.84. The van der Waals surface area contributed by atoms with E-state index in [2.05, 4.69) is 9.97 Å². The second kappa shape index (κ2) is 8.35. The number of carbonyl (C=O) groups is 2. The molecule has 1 aliphatic heterocycles. The summed E-state index contributed by atoms with van der Waals surface area (Å²) in [5.41, 5.74) is 2.65. The summed E-state index contributed by atoms with van der Waals surface area (Å²) < 4.78 is 10.7. The molecule has 1 aliphatic rings. The molecule has 3 heterocycles. The predicted octanol–water partition coefficient (Wildman–Crippen LogP) is 4.58. The van der Waals surface area contributed by atoms with E-state index in [1.165, 1.54) is 30.5 Å². The Bertz CT molecular complexity index is 1400. The van der Waals surface area contributed by atoms with E-state index < -0.39 is 17.7 Å². The number of imidazole rings is 1. The third kappa shape index (κ3) is 3.41. The molecular weight excluding hydrogens is 454 g/mol. The molecule has 1 unspecified atom stereocenters. The molecule has 34 heavy (non-hydrogen) atoms. The van der Waals surface area contributed by atoms with E-state index in [4.69, 9.17) is 9.47 Å². The predicted molar refractivity (Wildman–Crippen MR) is 129 cm³/mol. The number of Topliss-reactive ketones (excluding diaryl/α,β-unsaturated/α-hetero) is 1. The van der Waals surface area contributed by atoms with Crippen LogP contribution < -0.4 is 14.4 Å². The number of ketones is 1. The zero-order valence-electron chi connectivity index (χ0n) is 18.7. The average molecular weight is 476 g/mol. The Labute approximate surface area is 199 Å². The van der Waals surface area contributed by atoms with Gasteiger partial charge in [0.05, 0.1) is 30.8 Å². The Balaban J connectivity index is 1.69. The fourth-order valence-electron chi connectivity index (χ4n) is 4.07. The van der Waals surface area contributed by atoms with Gasteiger partial charge in [-0.25, -0.2) is 4.98 Å². The monoisotopic (exact) mass is 475 g/mol. The molecular formula is C25H21N3O5S. The van der Waals surface area contributed by atoms with Gasteiger partial charge in [-0.15, -0.1) is 11.3 Å². The van der Waals surface area contributed by atoms with Crippen LogP contribution in [0, 0.1) is 6.92 Å². The van der Waals surface area contributed by atoms with Crippen LogP contribution in [0.25, 0.3) is 16.8 Å². The summed E-state index contributed by atoms with van der Waals surface area (Å²) >= 11 is 1.39. The van der Waals surface area contributed by atoms with Gasteiger partial charge >= 0.3 is 5.91 Å². The normalized spacial score (nSPS) is 17.5. The molecule has 1 saturated heterocycles. The maximum absolute atomic E-state index is 13.3. The lowest BCUT2D eigenvalue weighted by Gasteiger charge is -2.21. The van der Waals surface area contributed by atoms with E-state index >= 15 is 0 Å². The molecule has 0 aliphatic carbocycles. The highest BCUT2D eigenvalue weighted by atomic mass is 32.1. The summed E-state index contributed by atoms with van der Waals surface area (Å²) in [6.45, 7) is 1.93. The van der Waals surface area contributed by atoms with Crippen molar-refractivity contribution in [2.75, 3.05) is 19.1 Å². The number of ether oxygens (including phenoxy) is 2. The standard InChI is InChI=1S/C25H21N3O5S/c1-13-6-8-14(9-7-13)22(29)20-21(19-5-4-10-34-19)28(24(31)23(20)30)25-26-15-11-17(32-2)18(33-3)12-16(15)27-25/h4-12,21,29H,1-3H3,(H,26,27)/b22-20+. The fraction of sp³-hybridized carbons (Fsp3) is 0.160. The second-order valence-corrected chi connectivity index (χ2v) is 8.81. The van der Waals surface area contributed by atoms with E-state index in [0.29, 0.717) is 28.1 Å². The minimum atomic E-state index is -0.828. The molecule has 1 amide bonds. The van der Waals surface area contributed by atoms with Crippen LogP contribution in [-0.2, 0) is 9.59 Å². The fourth-order valence-corrected chi connectivity index (χ4v) is 4.89. The number of aromatic nitrogens is 2. The molecule has 0 bridgehead atoms. The Hall–Kier alpha value is -4.11. The highest BCUT2D eigenvalue weighted by molar-refractivity contribution is 7.10. The first-order valence-electron chi connectivity index (χ1n) is 10.5. The molecule has 2 aromatic heterocycles. The van der Waals surface area contributed by atoms with Gasteiger partial charge in [0, 0.05) is 22.6 Å². The SMILES string of the molecule is COc1cc2nc(N3C(=O)C(=O)/C(=C(/O)c4ccc(C)cc4)C3c3cccs3)[nH]c2cc1OC. The van der Waals surface area contributed by atoms with Gasteiger partial charge in [-0.3, -0.25) is 14.5 Å². The Kier molecular flexibility index (Phi) is 5.33. The van der Waals surface area contributed by atoms with Gasteiger partial charge < -0.3 is 19.6 Å². The van der Waals surface area contributed by atoms with Crippen LogP contribution in [0.2, 0.25) is 0 Å². The topological polar surface area (TPSA) is 105 Å². The van der Waals surface area contributed by atoms with Crippen LogP contribution in [0.15, 0.2) is 59.5 Å². The van der Waals surface area contributed by atoms with Crippen molar-refractivity contribution in [3.8, 4) is 11.5 Å². The third-order valence-electron chi connectivity index (χ3n) is 5.78. The number of benzene rings is 2. The van der Waals surface area contributed by atoms with Gasteiger partial charge in [0.1, 0.15) is 11.8 Å². The number of hydrogen-bond donors (Lipinski definition) is 2. The molecule has 2 N–H and O–H groups in total. The van der Waals surface area contributed by atoms with Crippen molar-refractivity contribution in [1.29, 1.82) is 0 Å². The third-order valence-corrected chi connectivity index (χ3v) is 6.71. The van der Waals surface area contributed by atoms with Crippen molar-refractivity contribution in [3.63, 3.8) is 0 Å². The molecule has 1 atom stereocenters. The number of hydrogen-bond acceptors (Lipinski definition) is 7. The number of thiophene rings is 1. The highest BCUT2D eigenvalue weighted by Gasteiger charge is 2.48. The van der Waals surface area contributed by atoms with Gasteiger partial charge in [-0.05, 0) is 18.4 Å². The molecule has 5 rings (SSSR count). The summed E-state index contributed by atoms with van der Waals surface area (Å²) in [4.78, 5) is 36.2. The lowest BCUT2D eigenvalue weighted by molar-refractivity contribution is -0.132. The van der Waals surface area contributed by atoms with Crippen molar-refractivity contribution < 1.29 is 24.2 Å². The van der Waals surface area contributed by atoms with E-state index in [0.717, 1.165) is 10.4 Å². The van der Waals surface area contributed by atoms with Crippen LogP contribution in [0.1, 0.15) is 22.0 Å². The number of aliphatic hydroxyl groups excluding tert-OH is 1. The van der Waals surface area contributed by atoms with Crippen LogP contribution in [0.5, 0.6) is 11.5 Å². The quantitative estimate of drug-likeness (QED) is 0.249. The maximum atomic E-state index is 13.3. The number of amides is 1. The maximum Gasteiger partial charge on any atom is 0.302 e. The number of aromatic amines is 1. The summed E-state index contributed by atoms with van der Waals surface area (Å²) in [6, 6.07) is 13.4. The van der Waals surface area contributed by atoms with Gasteiger partial charge in [-0.2, -0.15) is 0 Å². The molecule has 172 valence electrons. The van der Waals surface area contributed by atoms with Gasteiger partial charge in [0.15, 0.2) is 11.5 Å². The summed E-state index contributed by atoms with van der Waals surface area (Å²) in [7, 11) is 3.05. The summed E-state index contributed by atoms with van der Waals surface area (Å²) in [5.74, 6) is -0.588. The van der Waals surface area contributed by atoms with E-state index in [1.807, 2.05) is 36.6 Å². The Morgan fingerprint density at radius 3 is 2.44 bits per heavy atom. The first-order chi connectivity index (χ1) is 16.4.